The molecule has 1 unspecified atom stereocenters. The van der Waals surface area contributed by atoms with Crippen LogP contribution in [0.25, 0.3) is 11.1 Å². The van der Waals surface area contributed by atoms with E-state index in [9.17, 15) is 4.79 Å². The largest absolute Gasteiger partial charge is 0.487 e. The van der Waals surface area contributed by atoms with Gasteiger partial charge in [-0.25, -0.2) is 0 Å². The number of carbonyl (C=O) groups excluding carboxylic acids is 1. The number of nitrogens with zero attached hydrogens (tertiary/aromatic N) is 1. The van der Waals surface area contributed by atoms with Crippen LogP contribution in [-0.2, 0) is 11.2 Å². The molecule has 3 rings (SSSR count). The van der Waals surface area contributed by atoms with E-state index in [0.717, 1.165) is 23.1 Å². The molecule has 1 aliphatic rings. The average Bonchev–Trinajstić information content (AvgIpc) is 3.17. The lowest BCUT2D eigenvalue weighted by atomic mass is 9.92. The minimum absolute atomic E-state index is 0.0205. The first-order valence-electron chi connectivity index (χ1n) is 9.66. The van der Waals surface area contributed by atoms with Crippen molar-refractivity contribution in [2.24, 2.45) is 5.73 Å². The standard InChI is InChI=1S/C22H27ClN2O3/c1-3-25(11-6-12-27-2)22(26)18-8-5-4-7-16(18)17-9-10-20(23)21-19(17)13-15(14-24)28-21/h4-5,7-10,15H,3,6,11-14,24H2,1-2H3. The third kappa shape index (κ3) is 4.17. The first kappa shape index (κ1) is 20.6. The molecular formula is C22H27ClN2O3. The van der Waals surface area contributed by atoms with E-state index in [1.807, 2.05) is 48.2 Å². The topological polar surface area (TPSA) is 64.8 Å². The molecule has 1 atom stereocenters. The summed E-state index contributed by atoms with van der Waals surface area (Å²) in [5.41, 5.74) is 9.38. The summed E-state index contributed by atoms with van der Waals surface area (Å²) in [6.45, 7) is 4.36. The predicted molar refractivity (Wildman–Crippen MR) is 112 cm³/mol. The Morgan fingerprint density at radius 2 is 2.07 bits per heavy atom. The van der Waals surface area contributed by atoms with E-state index in [1.165, 1.54) is 0 Å². The highest BCUT2D eigenvalue weighted by Crippen LogP contribution is 2.42. The Bertz CT molecular complexity index is 841. The van der Waals surface area contributed by atoms with E-state index >= 15 is 0 Å². The van der Waals surface area contributed by atoms with Crippen molar-refractivity contribution in [1.82, 2.24) is 4.90 Å². The van der Waals surface area contributed by atoms with E-state index in [0.29, 0.717) is 49.0 Å². The van der Waals surface area contributed by atoms with Crippen molar-refractivity contribution < 1.29 is 14.3 Å². The molecule has 1 heterocycles. The number of fused-ring (bicyclic) bond motifs is 1. The van der Waals surface area contributed by atoms with Crippen LogP contribution in [0.1, 0.15) is 29.3 Å². The van der Waals surface area contributed by atoms with Gasteiger partial charge in [0.05, 0.1) is 5.02 Å². The third-order valence-corrected chi connectivity index (χ3v) is 5.38. The number of amides is 1. The number of hydrogen-bond acceptors (Lipinski definition) is 4. The lowest BCUT2D eigenvalue weighted by Crippen LogP contribution is -2.32. The molecule has 0 radical (unpaired) electrons. The Hall–Kier alpha value is -2.08. The van der Waals surface area contributed by atoms with Crippen LogP contribution in [0.5, 0.6) is 5.75 Å². The SMILES string of the molecule is CCN(CCCOC)C(=O)c1ccccc1-c1ccc(Cl)c2c1CC(CN)O2. The number of carbonyl (C=O) groups is 1. The number of rotatable bonds is 8. The van der Waals surface area contributed by atoms with Gasteiger partial charge in [-0.05, 0) is 36.6 Å². The van der Waals surface area contributed by atoms with Crippen molar-refractivity contribution >= 4 is 17.5 Å². The summed E-state index contributed by atoms with van der Waals surface area (Å²) in [7, 11) is 1.67. The Balaban J connectivity index is 1.98. The maximum absolute atomic E-state index is 13.3. The fourth-order valence-corrected chi connectivity index (χ4v) is 3.85. The molecule has 0 fully saturated rings. The maximum atomic E-state index is 13.3. The van der Waals surface area contributed by atoms with Crippen LogP contribution >= 0.6 is 11.6 Å². The number of nitrogens with two attached hydrogens (primary N) is 1. The maximum Gasteiger partial charge on any atom is 0.254 e. The number of methoxy groups -OCH3 is 1. The number of halogens is 1. The molecule has 2 aromatic carbocycles. The van der Waals surface area contributed by atoms with Crippen LogP contribution in [-0.4, -0.2) is 50.3 Å². The van der Waals surface area contributed by atoms with Gasteiger partial charge >= 0.3 is 0 Å². The molecule has 6 heteroatoms. The average molecular weight is 403 g/mol. The fraction of sp³-hybridized carbons (Fsp3) is 0.409. The van der Waals surface area contributed by atoms with E-state index in [2.05, 4.69) is 0 Å². The van der Waals surface area contributed by atoms with Gasteiger partial charge < -0.3 is 20.1 Å². The molecule has 0 aromatic heterocycles. The van der Waals surface area contributed by atoms with Crippen molar-refractivity contribution in [2.45, 2.75) is 25.9 Å². The second-order valence-electron chi connectivity index (χ2n) is 6.86. The lowest BCUT2D eigenvalue weighted by molar-refractivity contribution is 0.0747. The van der Waals surface area contributed by atoms with E-state index in [4.69, 9.17) is 26.8 Å². The molecule has 0 bridgehead atoms. The quantitative estimate of drug-likeness (QED) is 0.682. The zero-order valence-corrected chi connectivity index (χ0v) is 17.2. The predicted octanol–water partition coefficient (Wildman–Crippen LogP) is 3.77. The lowest BCUT2D eigenvalue weighted by Gasteiger charge is -2.22. The van der Waals surface area contributed by atoms with Crippen LogP contribution in [0.4, 0.5) is 0 Å². The molecule has 1 amide bonds. The first-order valence-corrected chi connectivity index (χ1v) is 10.0. The van der Waals surface area contributed by atoms with Crippen LogP contribution < -0.4 is 10.5 Å². The minimum atomic E-state index is -0.0855. The minimum Gasteiger partial charge on any atom is -0.487 e. The van der Waals surface area contributed by atoms with E-state index in [-0.39, 0.29) is 12.0 Å². The molecule has 1 aliphatic heterocycles. The summed E-state index contributed by atoms with van der Waals surface area (Å²) < 4.78 is 11.0. The second kappa shape index (κ2) is 9.41. The van der Waals surface area contributed by atoms with Crippen LogP contribution in [0.2, 0.25) is 5.02 Å². The van der Waals surface area contributed by atoms with Crippen LogP contribution in [0, 0.1) is 0 Å². The monoisotopic (exact) mass is 402 g/mol. The van der Waals surface area contributed by atoms with Crippen molar-refractivity contribution in [1.29, 1.82) is 0 Å². The molecule has 0 saturated heterocycles. The van der Waals surface area contributed by atoms with Gasteiger partial charge in [0.2, 0.25) is 0 Å². The van der Waals surface area contributed by atoms with Gasteiger partial charge in [-0.15, -0.1) is 0 Å². The summed E-state index contributed by atoms with van der Waals surface area (Å²) in [5, 5.41) is 0.577. The van der Waals surface area contributed by atoms with Gasteiger partial charge in [-0.3, -0.25) is 4.79 Å². The molecule has 0 saturated carbocycles. The first-order chi connectivity index (χ1) is 13.6. The van der Waals surface area contributed by atoms with E-state index in [1.54, 1.807) is 7.11 Å². The number of ether oxygens (including phenoxy) is 2. The Kier molecular flexibility index (Phi) is 6.94. The van der Waals surface area contributed by atoms with E-state index < -0.39 is 0 Å². The highest BCUT2D eigenvalue weighted by molar-refractivity contribution is 6.32. The summed E-state index contributed by atoms with van der Waals surface area (Å²) in [4.78, 5) is 15.1. The van der Waals surface area contributed by atoms with Crippen molar-refractivity contribution in [3.8, 4) is 16.9 Å². The summed E-state index contributed by atoms with van der Waals surface area (Å²) >= 11 is 6.34. The Morgan fingerprint density at radius 1 is 1.29 bits per heavy atom. The molecular weight excluding hydrogens is 376 g/mol. The third-order valence-electron chi connectivity index (χ3n) is 5.08. The summed E-state index contributed by atoms with van der Waals surface area (Å²) in [6.07, 6.45) is 1.41. The summed E-state index contributed by atoms with van der Waals surface area (Å²) in [6, 6.07) is 11.5. The number of hydrogen-bond donors (Lipinski definition) is 1. The molecule has 150 valence electrons. The zero-order valence-electron chi connectivity index (χ0n) is 16.4. The second-order valence-corrected chi connectivity index (χ2v) is 7.27. The van der Waals surface area contributed by atoms with Crippen LogP contribution in [0.3, 0.4) is 0 Å². The Labute approximate surface area is 171 Å². The highest BCUT2D eigenvalue weighted by Gasteiger charge is 2.29. The Morgan fingerprint density at radius 3 is 2.79 bits per heavy atom. The van der Waals surface area contributed by atoms with Crippen molar-refractivity contribution in [3.05, 3.63) is 52.5 Å². The van der Waals surface area contributed by atoms with Gasteiger partial charge in [0.15, 0.2) is 0 Å². The highest BCUT2D eigenvalue weighted by atomic mass is 35.5. The fourth-order valence-electron chi connectivity index (χ4n) is 3.63. The van der Waals surface area contributed by atoms with Gasteiger partial charge in [-0.1, -0.05) is 35.9 Å². The van der Waals surface area contributed by atoms with Gasteiger partial charge in [0, 0.05) is 50.9 Å². The van der Waals surface area contributed by atoms with Gasteiger partial charge in [0.25, 0.3) is 5.91 Å². The number of benzene rings is 2. The van der Waals surface area contributed by atoms with Gasteiger partial charge in [-0.2, -0.15) is 0 Å². The van der Waals surface area contributed by atoms with Crippen molar-refractivity contribution in [2.75, 3.05) is 33.4 Å². The van der Waals surface area contributed by atoms with Gasteiger partial charge in [0.1, 0.15) is 11.9 Å². The molecule has 28 heavy (non-hydrogen) atoms. The van der Waals surface area contributed by atoms with Crippen LogP contribution in [0.15, 0.2) is 36.4 Å². The molecule has 2 N–H and O–H groups in total. The molecule has 2 aromatic rings. The van der Waals surface area contributed by atoms with Crippen molar-refractivity contribution in [3.63, 3.8) is 0 Å². The normalized spacial score (nSPS) is 15.2. The summed E-state index contributed by atoms with van der Waals surface area (Å²) in [5.74, 6) is 0.705. The zero-order chi connectivity index (χ0) is 20.1. The smallest absolute Gasteiger partial charge is 0.254 e. The molecule has 0 aliphatic carbocycles. The molecule has 5 nitrogen and oxygen atoms in total. The molecule has 0 spiro atoms.